The van der Waals surface area contributed by atoms with Crippen molar-refractivity contribution in [3.8, 4) is 0 Å². The van der Waals surface area contributed by atoms with E-state index in [1.54, 1.807) is 19.9 Å². The minimum absolute atomic E-state index is 0.528. The first-order valence-electron chi connectivity index (χ1n) is 2.42. The Bertz CT molecular complexity index is 95.9. The molecule has 0 radical (unpaired) electrons. The van der Waals surface area contributed by atoms with Crippen LogP contribution in [-0.2, 0) is 4.79 Å². The summed E-state index contributed by atoms with van der Waals surface area (Å²) in [5, 5.41) is -0.528. The zero-order valence-corrected chi connectivity index (χ0v) is 5.05. The van der Waals surface area contributed by atoms with E-state index >= 15 is 0 Å². The molecule has 0 aromatic carbocycles. The third-order valence-corrected chi connectivity index (χ3v) is 1.13. The predicted octanol–water partition coefficient (Wildman–Crippen LogP) is 0.686. The molecule has 0 saturated heterocycles. The maximum absolute atomic E-state index is 10.1. The van der Waals surface area contributed by atoms with Crippen LogP contribution in [0.4, 0.5) is 0 Å². The number of carbonyl (C=O) groups excluding carboxylic acids is 1. The molecule has 0 amide bonds. The van der Waals surface area contributed by atoms with E-state index in [4.69, 9.17) is 0 Å². The van der Waals surface area contributed by atoms with Gasteiger partial charge in [0.05, 0.1) is 0 Å². The second kappa shape index (κ2) is 2.60. The molecule has 2 heteroatoms. The van der Waals surface area contributed by atoms with Gasteiger partial charge in [-0.05, 0) is 0 Å². The van der Waals surface area contributed by atoms with Crippen molar-refractivity contribution in [1.29, 1.82) is 0 Å². The predicted molar refractivity (Wildman–Crippen MR) is 37.5 cm³/mol. The average molecular weight is 108 g/mol. The number of hydrogen-bond acceptors (Lipinski definition) is 1. The van der Waals surface area contributed by atoms with Gasteiger partial charge in [0.1, 0.15) is 0 Å². The van der Waals surface area contributed by atoms with E-state index in [1.807, 2.05) is 0 Å². The van der Waals surface area contributed by atoms with Gasteiger partial charge in [0, 0.05) is 0 Å². The molecule has 0 saturated carbocycles. The van der Waals surface area contributed by atoms with Crippen molar-refractivity contribution in [2.75, 3.05) is 0 Å². The van der Waals surface area contributed by atoms with Crippen molar-refractivity contribution < 1.29 is 4.79 Å². The molecule has 8 heavy (non-hydrogen) atoms. The second-order valence-corrected chi connectivity index (χ2v) is 1.89. The summed E-state index contributed by atoms with van der Waals surface area (Å²) in [5.74, 6) is 0. The Kier molecular flexibility index (Phi) is 2.39. The Balaban J connectivity index is 4.18. The van der Waals surface area contributed by atoms with Crippen LogP contribution in [0.15, 0.2) is 12.7 Å². The fourth-order valence-electron chi connectivity index (χ4n) is 0.180. The van der Waals surface area contributed by atoms with Crippen molar-refractivity contribution in [2.45, 2.75) is 12.2 Å². The van der Waals surface area contributed by atoms with Gasteiger partial charge in [-0.1, -0.05) is 0 Å². The Morgan fingerprint density at radius 3 is 2.25 bits per heavy atom. The molecule has 0 N–H and O–H groups in total. The van der Waals surface area contributed by atoms with Crippen molar-refractivity contribution in [2.24, 2.45) is 0 Å². The summed E-state index contributed by atoms with van der Waals surface area (Å²) in [4.78, 5) is 10.1. The number of hydrogen-bond donors (Lipinski definition) is 0. The zero-order chi connectivity index (χ0) is 6.62. The molecular weight excluding hydrogens is 98.9 g/mol. The first kappa shape index (κ1) is 7.34. The van der Waals surface area contributed by atoms with E-state index in [0.717, 1.165) is 6.29 Å². The molecule has 0 heterocycles. The SMILES string of the molecule is C=BC(C)(C=C)C=O. The molecule has 0 aliphatic rings. The first-order valence-corrected chi connectivity index (χ1v) is 2.42. The van der Waals surface area contributed by atoms with Crippen LogP contribution in [0.1, 0.15) is 6.92 Å². The van der Waals surface area contributed by atoms with Crippen molar-refractivity contribution >= 4 is 19.7 Å². The van der Waals surface area contributed by atoms with Gasteiger partial charge in [0.15, 0.2) is 0 Å². The third-order valence-electron chi connectivity index (χ3n) is 1.13. The Morgan fingerprint density at radius 1 is 1.75 bits per heavy atom. The molecule has 0 bridgehead atoms. The molecule has 0 fully saturated rings. The minimum atomic E-state index is -0.528. The monoisotopic (exact) mass is 108 g/mol. The van der Waals surface area contributed by atoms with E-state index in [1.165, 1.54) is 0 Å². The summed E-state index contributed by atoms with van der Waals surface area (Å²) >= 11 is 0. The van der Waals surface area contributed by atoms with Crippen LogP contribution >= 0.6 is 0 Å². The molecule has 1 nitrogen and oxygen atoms in total. The van der Waals surface area contributed by atoms with Crippen molar-refractivity contribution in [3.63, 3.8) is 0 Å². The fourth-order valence-corrected chi connectivity index (χ4v) is 0.180. The number of allylic oxidation sites excluding steroid dienone is 1. The van der Waals surface area contributed by atoms with Gasteiger partial charge in [0.25, 0.3) is 0 Å². The second-order valence-electron chi connectivity index (χ2n) is 1.89. The maximum atomic E-state index is 10.1. The van der Waals surface area contributed by atoms with Gasteiger partial charge < -0.3 is 0 Å². The van der Waals surface area contributed by atoms with E-state index in [-0.39, 0.29) is 0 Å². The number of carbonyl (C=O) groups is 1. The van der Waals surface area contributed by atoms with E-state index < -0.39 is 5.31 Å². The average Bonchev–Trinajstić information content (AvgIpc) is 1.87. The van der Waals surface area contributed by atoms with Gasteiger partial charge >= 0.3 is 49.4 Å². The molecule has 0 aromatic rings. The summed E-state index contributed by atoms with van der Waals surface area (Å²) in [6, 6.07) is 0. The molecule has 0 rings (SSSR count). The third kappa shape index (κ3) is 1.45. The topological polar surface area (TPSA) is 17.1 Å². The van der Waals surface area contributed by atoms with Crippen molar-refractivity contribution in [1.82, 2.24) is 0 Å². The van der Waals surface area contributed by atoms with Crippen LogP contribution in [0.2, 0.25) is 5.31 Å². The van der Waals surface area contributed by atoms with E-state index in [9.17, 15) is 4.79 Å². The zero-order valence-electron chi connectivity index (χ0n) is 5.05. The van der Waals surface area contributed by atoms with Gasteiger partial charge in [-0.2, -0.15) is 0 Å². The van der Waals surface area contributed by atoms with Crippen LogP contribution < -0.4 is 0 Å². The van der Waals surface area contributed by atoms with Gasteiger partial charge in [0.2, 0.25) is 0 Å². The number of aldehydes is 1. The molecule has 0 aromatic heterocycles. The molecule has 1 atom stereocenters. The van der Waals surface area contributed by atoms with Crippen LogP contribution in [0.25, 0.3) is 0 Å². The van der Waals surface area contributed by atoms with Gasteiger partial charge in [-0.3, -0.25) is 0 Å². The molecule has 42 valence electrons. The normalized spacial score (nSPS) is 15.6. The molecular formula is C6H9BO. The molecule has 0 spiro atoms. The standard InChI is InChI=1S/C6H9BO/c1-4-6(2,5-8)7-3/h4-5H,1,3H2,2H3. The summed E-state index contributed by atoms with van der Waals surface area (Å²) in [7, 11) is 0. The Morgan fingerprint density at radius 2 is 2.25 bits per heavy atom. The van der Waals surface area contributed by atoms with Crippen LogP contribution in [0.3, 0.4) is 0 Å². The van der Waals surface area contributed by atoms with Crippen LogP contribution in [0, 0.1) is 0 Å². The summed E-state index contributed by atoms with van der Waals surface area (Å²) in [5.41, 5.74) is 0. The van der Waals surface area contributed by atoms with Crippen LogP contribution in [0.5, 0.6) is 0 Å². The van der Waals surface area contributed by atoms with E-state index in [2.05, 4.69) is 13.0 Å². The summed E-state index contributed by atoms with van der Waals surface area (Å²) < 4.78 is 0. The molecule has 0 aliphatic heterocycles. The summed E-state index contributed by atoms with van der Waals surface area (Å²) in [6.07, 6.45) is 2.38. The van der Waals surface area contributed by atoms with Crippen LogP contribution in [-0.4, -0.2) is 19.7 Å². The van der Waals surface area contributed by atoms with Gasteiger partial charge in [-0.15, -0.1) is 0 Å². The van der Waals surface area contributed by atoms with Gasteiger partial charge in [-0.25, -0.2) is 0 Å². The molecule has 1 unspecified atom stereocenters. The quantitative estimate of drug-likeness (QED) is 0.295. The Labute approximate surface area is 50.3 Å². The molecule has 0 aliphatic carbocycles. The Hall–Kier alpha value is -0.655. The fraction of sp³-hybridized carbons (Fsp3) is 0.333. The summed E-state index contributed by atoms with van der Waals surface area (Å²) in [6.45, 7) is 10.3. The first-order chi connectivity index (χ1) is 3.68. The van der Waals surface area contributed by atoms with Crippen molar-refractivity contribution in [3.05, 3.63) is 12.7 Å². The number of rotatable bonds is 3. The van der Waals surface area contributed by atoms with E-state index in [0.29, 0.717) is 0 Å².